The van der Waals surface area contributed by atoms with Gasteiger partial charge in [-0.05, 0) is 18.6 Å². The fourth-order valence-corrected chi connectivity index (χ4v) is 4.49. The van der Waals surface area contributed by atoms with Gasteiger partial charge >= 0.3 is 0 Å². The summed E-state index contributed by atoms with van der Waals surface area (Å²) in [6.45, 7) is 3.33. The highest BCUT2D eigenvalue weighted by Crippen LogP contribution is 2.27. The normalized spacial score (nSPS) is 17.6. The van der Waals surface area contributed by atoms with Gasteiger partial charge in [0.15, 0.2) is 5.65 Å². The van der Waals surface area contributed by atoms with Crippen LogP contribution in [0.25, 0.3) is 11.2 Å². The summed E-state index contributed by atoms with van der Waals surface area (Å²) >= 11 is 0. The van der Waals surface area contributed by atoms with Crippen LogP contribution >= 0.6 is 0 Å². The number of anilines is 2. The second-order valence-electron chi connectivity index (χ2n) is 8.47. The number of hydrogen-bond donors (Lipinski definition) is 2. The van der Waals surface area contributed by atoms with Crippen molar-refractivity contribution < 1.29 is 9.50 Å². The predicted octanol–water partition coefficient (Wildman–Crippen LogP) is 3.71. The number of benzene rings is 1. The number of nitrogens with one attached hydrogen (secondary N) is 1. The molecule has 1 unspecified atom stereocenters. The third-order valence-electron chi connectivity index (χ3n) is 6.31. The molecule has 3 heterocycles. The molecule has 0 bridgehead atoms. The van der Waals surface area contributed by atoms with E-state index in [1.54, 1.807) is 18.5 Å². The first kappa shape index (κ1) is 22.3. The zero-order valence-electron chi connectivity index (χ0n) is 19.0. The van der Waals surface area contributed by atoms with E-state index in [4.69, 9.17) is 4.98 Å². The molecule has 3 aromatic rings. The Balaban J connectivity index is 1.22. The van der Waals surface area contributed by atoms with E-state index in [0.717, 1.165) is 29.2 Å². The molecule has 1 fully saturated rings. The molecule has 1 aliphatic carbocycles. The van der Waals surface area contributed by atoms with Crippen LogP contribution in [0.2, 0.25) is 0 Å². The minimum absolute atomic E-state index is 0.200. The lowest BCUT2D eigenvalue weighted by Gasteiger charge is -2.38. The number of para-hydroxylation sites is 1. The van der Waals surface area contributed by atoms with Gasteiger partial charge in [0, 0.05) is 57.1 Å². The minimum Gasteiger partial charge on any atom is -0.378 e. The summed E-state index contributed by atoms with van der Waals surface area (Å²) in [7, 11) is 0. The summed E-state index contributed by atoms with van der Waals surface area (Å²) in [5.41, 5.74) is 3.30. The second kappa shape index (κ2) is 10.2. The highest BCUT2D eigenvalue weighted by molar-refractivity contribution is 5.82. The van der Waals surface area contributed by atoms with E-state index in [9.17, 15) is 9.50 Å². The number of allylic oxidation sites excluding steroid dienone is 6. The lowest BCUT2D eigenvalue weighted by atomic mass is 10.1. The lowest BCUT2D eigenvalue weighted by Crippen LogP contribution is -2.51. The van der Waals surface area contributed by atoms with Crippen molar-refractivity contribution >= 4 is 22.7 Å². The van der Waals surface area contributed by atoms with Crippen molar-refractivity contribution in [1.29, 1.82) is 0 Å². The van der Waals surface area contributed by atoms with E-state index in [1.807, 2.05) is 33.7 Å². The van der Waals surface area contributed by atoms with Gasteiger partial charge in [-0.3, -0.25) is 14.3 Å². The molecule has 7 nitrogen and oxygen atoms in total. The summed E-state index contributed by atoms with van der Waals surface area (Å²) < 4.78 is 16.1. The zero-order valence-corrected chi connectivity index (χ0v) is 19.0. The predicted molar refractivity (Wildman–Crippen MR) is 133 cm³/mol. The molecule has 1 aliphatic heterocycles. The van der Waals surface area contributed by atoms with E-state index in [0.29, 0.717) is 44.8 Å². The minimum atomic E-state index is -0.570. The molecule has 2 N–H and O–H groups in total. The van der Waals surface area contributed by atoms with Crippen LogP contribution in [0.3, 0.4) is 0 Å². The fourth-order valence-electron chi connectivity index (χ4n) is 4.49. The maximum Gasteiger partial charge on any atom is 0.157 e. The molecule has 34 heavy (non-hydrogen) atoms. The quantitative estimate of drug-likeness (QED) is 0.560. The summed E-state index contributed by atoms with van der Waals surface area (Å²) in [6.07, 6.45) is 16.7. The molecule has 0 amide bonds. The van der Waals surface area contributed by atoms with Gasteiger partial charge < -0.3 is 15.3 Å². The number of piperazine rings is 1. The van der Waals surface area contributed by atoms with Crippen molar-refractivity contribution in [2.24, 2.45) is 0 Å². The molecule has 2 aliphatic rings. The van der Waals surface area contributed by atoms with Crippen molar-refractivity contribution in [3.8, 4) is 0 Å². The van der Waals surface area contributed by atoms with Crippen molar-refractivity contribution in [3.63, 3.8) is 0 Å². The highest BCUT2D eigenvalue weighted by atomic mass is 19.1. The van der Waals surface area contributed by atoms with Crippen LogP contribution in [-0.2, 0) is 0 Å². The number of nitrogens with zero attached hydrogens (tertiary/aromatic N) is 5. The van der Waals surface area contributed by atoms with Gasteiger partial charge in [-0.15, -0.1) is 0 Å². The Hall–Kier alpha value is -3.49. The molecular formula is C26H29FN6O. The number of fused-ring (bicyclic) bond motifs is 1. The molecule has 176 valence electrons. The zero-order chi connectivity index (χ0) is 23.3. The summed E-state index contributed by atoms with van der Waals surface area (Å²) in [6, 6.07) is 6.86. The molecule has 1 aromatic carbocycles. The maximum absolute atomic E-state index is 14.1. The highest BCUT2D eigenvalue weighted by Gasteiger charge is 2.24. The average Bonchev–Trinajstić information content (AvgIpc) is 3.03. The largest absolute Gasteiger partial charge is 0.378 e. The van der Waals surface area contributed by atoms with Crippen LogP contribution in [-0.4, -0.2) is 63.3 Å². The maximum atomic E-state index is 14.1. The van der Waals surface area contributed by atoms with Crippen molar-refractivity contribution in [2.45, 2.75) is 19.1 Å². The topological polar surface area (TPSA) is 68.9 Å². The van der Waals surface area contributed by atoms with Gasteiger partial charge in [-0.1, -0.05) is 42.5 Å². The van der Waals surface area contributed by atoms with Gasteiger partial charge in [0.2, 0.25) is 0 Å². The first-order valence-electron chi connectivity index (χ1n) is 11.7. The monoisotopic (exact) mass is 460 g/mol. The molecule has 0 saturated carbocycles. The molecule has 5 rings (SSSR count). The van der Waals surface area contributed by atoms with E-state index in [1.165, 1.54) is 6.07 Å². The Kier molecular flexibility index (Phi) is 6.69. The number of aliphatic hydroxyl groups is 1. The number of rotatable bonds is 7. The molecule has 0 spiro atoms. The molecule has 8 heteroatoms. The van der Waals surface area contributed by atoms with Gasteiger partial charge in [0.1, 0.15) is 23.6 Å². The third-order valence-corrected chi connectivity index (χ3v) is 6.31. The Bertz CT molecular complexity index is 1230. The van der Waals surface area contributed by atoms with Crippen LogP contribution in [0.1, 0.15) is 18.5 Å². The fraction of sp³-hybridized carbons (Fsp3) is 0.308. The van der Waals surface area contributed by atoms with Crippen LogP contribution in [0, 0.1) is 5.82 Å². The van der Waals surface area contributed by atoms with Crippen LogP contribution in [0.4, 0.5) is 15.9 Å². The number of hydrogen-bond acceptors (Lipinski definition) is 6. The number of aliphatic hydroxyl groups excluding tert-OH is 1. The van der Waals surface area contributed by atoms with Crippen molar-refractivity contribution in [3.05, 3.63) is 84.7 Å². The second-order valence-corrected chi connectivity index (χ2v) is 8.47. The Labute approximate surface area is 198 Å². The molecule has 0 radical (unpaired) electrons. The van der Waals surface area contributed by atoms with Crippen molar-refractivity contribution in [1.82, 2.24) is 19.3 Å². The van der Waals surface area contributed by atoms with E-state index in [2.05, 4.69) is 39.5 Å². The van der Waals surface area contributed by atoms with Gasteiger partial charge in [-0.25, -0.2) is 9.37 Å². The number of halogens is 1. The smallest absolute Gasteiger partial charge is 0.157 e. The number of imidazole rings is 1. The van der Waals surface area contributed by atoms with E-state index in [-0.39, 0.29) is 5.82 Å². The lowest BCUT2D eigenvalue weighted by molar-refractivity contribution is -0.00295. The van der Waals surface area contributed by atoms with Crippen LogP contribution < -0.4 is 10.2 Å². The molecule has 1 atom stereocenters. The average molecular weight is 461 g/mol. The summed E-state index contributed by atoms with van der Waals surface area (Å²) in [5.74, 6) is 0.689. The van der Waals surface area contributed by atoms with Gasteiger partial charge in [0.05, 0.1) is 11.9 Å². The van der Waals surface area contributed by atoms with E-state index >= 15 is 0 Å². The Morgan fingerprint density at radius 3 is 2.82 bits per heavy atom. The first-order chi connectivity index (χ1) is 16.7. The van der Waals surface area contributed by atoms with Crippen LogP contribution in [0.15, 0.2) is 73.2 Å². The van der Waals surface area contributed by atoms with Crippen molar-refractivity contribution in [2.75, 3.05) is 42.9 Å². The Morgan fingerprint density at radius 1 is 1.12 bits per heavy atom. The summed E-state index contributed by atoms with van der Waals surface area (Å²) in [5, 5.41) is 14.3. The van der Waals surface area contributed by atoms with Gasteiger partial charge in [-0.2, -0.15) is 0 Å². The Morgan fingerprint density at radius 2 is 1.97 bits per heavy atom. The number of aromatic nitrogens is 3. The summed E-state index contributed by atoms with van der Waals surface area (Å²) in [4.78, 5) is 13.1. The van der Waals surface area contributed by atoms with Crippen LogP contribution in [0.5, 0.6) is 0 Å². The molecule has 2 aromatic heterocycles. The molecular weight excluding hydrogens is 431 g/mol. The standard InChI is InChI=1S/C26H29FN6O/c27-21-9-5-6-10-22(21)31-15-17-32(18-16-31)24(34)11-12-29-26-25(20-7-3-1-2-4-8-20)30-23-19-28-13-14-33(23)26/h1,3-10,13-14,19,24,29,34H,2,11-12,15-18H2. The molecule has 1 saturated heterocycles. The van der Waals surface area contributed by atoms with Gasteiger partial charge in [0.25, 0.3) is 0 Å². The third kappa shape index (κ3) is 4.73. The van der Waals surface area contributed by atoms with E-state index < -0.39 is 6.23 Å². The first-order valence-corrected chi connectivity index (χ1v) is 11.7. The SMILES string of the molecule is OC(CCNc1c(C2=CC=CCC=C2)nc2cnccn12)N1CCN(c2ccccc2F)CC1.